The van der Waals surface area contributed by atoms with Gasteiger partial charge in [0.2, 0.25) is 0 Å². The van der Waals surface area contributed by atoms with Crippen molar-refractivity contribution >= 4 is 0 Å². The van der Waals surface area contributed by atoms with Crippen molar-refractivity contribution in [3.63, 3.8) is 0 Å². The van der Waals surface area contributed by atoms with Crippen molar-refractivity contribution in [2.24, 2.45) is 0 Å². The summed E-state index contributed by atoms with van der Waals surface area (Å²) in [6, 6.07) is 0. The summed E-state index contributed by atoms with van der Waals surface area (Å²) in [4.78, 5) is 12.1. The molecule has 0 aromatic rings. The molecule has 5 heterocycles. The quantitative estimate of drug-likeness (QED) is 0.207. The SMILES string of the molecule is COC(=C[N+](=O)[O-])N1C2NC3NC4NC3NC2NC41. The van der Waals surface area contributed by atoms with Gasteiger partial charge in [0.25, 0.3) is 12.1 Å². The summed E-state index contributed by atoms with van der Waals surface area (Å²) in [6.07, 6.45) is 0.986. The molecule has 5 rings (SSSR count). The van der Waals surface area contributed by atoms with E-state index in [1.807, 2.05) is 4.90 Å². The minimum Gasteiger partial charge on any atom is -0.478 e. The molecule has 6 bridgehead atoms. The molecule has 0 saturated carbocycles. The van der Waals surface area contributed by atoms with E-state index in [1.54, 1.807) is 0 Å². The van der Waals surface area contributed by atoms with Crippen molar-refractivity contribution in [2.45, 2.75) is 37.0 Å². The Hall–Kier alpha value is -1.46. The van der Waals surface area contributed by atoms with Crippen molar-refractivity contribution in [2.75, 3.05) is 7.11 Å². The van der Waals surface area contributed by atoms with Crippen LogP contribution in [-0.4, -0.2) is 53.9 Å². The first-order chi connectivity index (χ1) is 9.17. The van der Waals surface area contributed by atoms with Crippen LogP contribution in [0.25, 0.3) is 0 Å². The molecule has 0 spiro atoms. The molecule has 5 N–H and O–H groups in total. The smallest absolute Gasteiger partial charge is 0.293 e. The molecule has 10 nitrogen and oxygen atoms in total. The van der Waals surface area contributed by atoms with Gasteiger partial charge in [0.05, 0.1) is 36.7 Å². The van der Waals surface area contributed by atoms with Gasteiger partial charge in [0.1, 0.15) is 12.3 Å². The number of nitrogens with zero attached hydrogens (tertiary/aromatic N) is 2. The van der Waals surface area contributed by atoms with E-state index in [4.69, 9.17) is 4.74 Å². The molecule has 5 aliphatic rings. The summed E-state index contributed by atoms with van der Waals surface area (Å²) in [6.45, 7) is 0. The predicted octanol–water partition coefficient (Wildman–Crippen LogP) is -3.03. The average Bonchev–Trinajstić information content (AvgIpc) is 2.82. The van der Waals surface area contributed by atoms with E-state index in [-0.39, 0.29) is 42.9 Å². The van der Waals surface area contributed by atoms with Crippen LogP contribution in [0.2, 0.25) is 0 Å². The predicted molar refractivity (Wildman–Crippen MR) is 62.3 cm³/mol. The van der Waals surface area contributed by atoms with Crippen LogP contribution < -0.4 is 26.6 Å². The van der Waals surface area contributed by atoms with E-state index >= 15 is 0 Å². The van der Waals surface area contributed by atoms with Gasteiger partial charge in [0.15, 0.2) is 0 Å². The second-order valence-electron chi connectivity index (χ2n) is 5.00. The molecule has 104 valence electrons. The minimum atomic E-state index is -0.501. The van der Waals surface area contributed by atoms with Crippen LogP contribution in [0.3, 0.4) is 0 Å². The number of piperazine rings is 1. The fourth-order valence-electron chi connectivity index (χ4n) is 3.33. The van der Waals surface area contributed by atoms with E-state index in [9.17, 15) is 10.1 Å². The third-order valence-electron chi connectivity index (χ3n) is 4.02. The first kappa shape index (κ1) is 11.4. The highest BCUT2D eigenvalue weighted by Gasteiger charge is 2.58. The number of nitro groups is 1. The molecule has 0 aliphatic carbocycles. The van der Waals surface area contributed by atoms with Gasteiger partial charge in [-0.05, 0) is 0 Å². The number of methoxy groups -OCH3 is 1. The maximum absolute atomic E-state index is 10.7. The summed E-state index contributed by atoms with van der Waals surface area (Å²) >= 11 is 0. The number of nitrogens with one attached hydrogen (secondary N) is 5. The van der Waals surface area contributed by atoms with Crippen LogP contribution in [0.5, 0.6) is 0 Å². The van der Waals surface area contributed by atoms with Crippen molar-refractivity contribution in [3.05, 3.63) is 22.2 Å². The van der Waals surface area contributed by atoms with Crippen LogP contribution in [0.4, 0.5) is 0 Å². The Morgan fingerprint density at radius 3 is 2.21 bits per heavy atom. The van der Waals surface area contributed by atoms with Crippen LogP contribution in [0.1, 0.15) is 0 Å². The zero-order valence-corrected chi connectivity index (χ0v) is 10.2. The Morgan fingerprint density at radius 1 is 1.11 bits per heavy atom. The van der Waals surface area contributed by atoms with Crippen LogP contribution >= 0.6 is 0 Å². The number of ether oxygens (including phenoxy) is 1. The molecule has 0 aromatic carbocycles. The Morgan fingerprint density at radius 2 is 1.63 bits per heavy atom. The zero-order valence-electron chi connectivity index (χ0n) is 10.2. The Kier molecular flexibility index (Phi) is 2.26. The van der Waals surface area contributed by atoms with Gasteiger partial charge in [-0.15, -0.1) is 0 Å². The molecule has 19 heavy (non-hydrogen) atoms. The molecular weight excluding hydrogens is 254 g/mol. The first-order valence-corrected chi connectivity index (χ1v) is 6.15. The van der Waals surface area contributed by atoms with E-state index in [0.717, 1.165) is 6.20 Å². The number of hydrogen-bond donors (Lipinski definition) is 5. The summed E-state index contributed by atoms with van der Waals surface area (Å²) < 4.78 is 5.19. The lowest BCUT2D eigenvalue weighted by atomic mass is 10.2. The summed E-state index contributed by atoms with van der Waals surface area (Å²) in [5, 5.41) is 27.7. The van der Waals surface area contributed by atoms with Crippen molar-refractivity contribution in [1.29, 1.82) is 0 Å². The lowest BCUT2D eigenvalue weighted by molar-refractivity contribution is -0.406. The highest BCUT2D eigenvalue weighted by atomic mass is 16.6. The van der Waals surface area contributed by atoms with E-state index in [1.165, 1.54) is 7.11 Å². The fourth-order valence-corrected chi connectivity index (χ4v) is 3.33. The fraction of sp³-hybridized carbons (Fsp3) is 0.778. The average molecular weight is 269 g/mol. The highest BCUT2D eigenvalue weighted by Crippen LogP contribution is 2.30. The maximum atomic E-state index is 10.7. The van der Waals surface area contributed by atoms with Crippen LogP contribution in [0.15, 0.2) is 12.1 Å². The molecule has 10 heteroatoms. The van der Waals surface area contributed by atoms with Gasteiger partial charge in [-0.2, -0.15) is 0 Å². The molecule has 5 fully saturated rings. The lowest BCUT2D eigenvalue weighted by Gasteiger charge is -2.40. The topological polar surface area (TPSA) is 116 Å². The molecule has 6 atom stereocenters. The van der Waals surface area contributed by atoms with Gasteiger partial charge >= 0.3 is 0 Å². The molecule has 0 radical (unpaired) electrons. The normalized spacial score (nSPS) is 46.8. The van der Waals surface area contributed by atoms with E-state index < -0.39 is 4.92 Å². The van der Waals surface area contributed by atoms with Crippen LogP contribution in [0, 0.1) is 10.1 Å². The minimum absolute atomic E-state index is 0.00203. The largest absolute Gasteiger partial charge is 0.478 e. The molecule has 5 saturated heterocycles. The maximum Gasteiger partial charge on any atom is 0.293 e. The van der Waals surface area contributed by atoms with Gasteiger partial charge in [-0.1, -0.05) is 0 Å². The van der Waals surface area contributed by atoms with Crippen molar-refractivity contribution in [1.82, 2.24) is 31.5 Å². The molecule has 5 aliphatic heterocycles. The standard InChI is InChI=1S/C9H15N7O3/c1-19-3(2-15(17)18)16-8-6-10-4-5(12-6)13-9(16)7(11-4)14-8/h2,4-14H,1H3. The summed E-state index contributed by atoms with van der Waals surface area (Å²) in [7, 11) is 1.44. The molecule has 0 aromatic heterocycles. The first-order valence-electron chi connectivity index (χ1n) is 6.15. The lowest BCUT2D eigenvalue weighted by Crippen LogP contribution is -2.71. The Balaban J connectivity index is 1.72. The van der Waals surface area contributed by atoms with Gasteiger partial charge < -0.3 is 9.64 Å². The zero-order chi connectivity index (χ0) is 13.1. The second kappa shape index (κ2) is 3.77. The van der Waals surface area contributed by atoms with Gasteiger partial charge in [0, 0.05) is 0 Å². The number of rotatable bonds is 3. The summed E-state index contributed by atoms with van der Waals surface area (Å²) in [5.41, 5.74) is 0. The summed E-state index contributed by atoms with van der Waals surface area (Å²) in [5.74, 6) is 0.235. The van der Waals surface area contributed by atoms with Crippen molar-refractivity contribution in [3.8, 4) is 0 Å². The van der Waals surface area contributed by atoms with E-state index in [2.05, 4.69) is 26.6 Å². The Bertz CT molecular complexity index is 455. The monoisotopic (exact) mass is 269 g/mol. The van der Waals surface area contributed by atoms with Gasteiger partial charge in [-0.3, -0.25) is 36.7 Å². The Labute approximate surface area is 108 Å². The molecular formula is C9H15N7O3. The molecule has 0 amide bonds. The molecule has 6 unspecified atom stereocenters. The van der Waals surface area contributed by atoms with E-state index in [0.29, 0.717) is 0 Å². The highest BCUT2D eigenvalue weighted by molar-refractivity contribution is 5.16. The van der Waals surface area contributed by atoms with Gasteiger partial charge in [-0.25, -0.2) is 0 Å². The second-order valence-corrected chi connectivity index (χ2v) is 5.00. The van der Waals surface area contributed by atoms with Crippen molar-refractivity contribution < 1.29 is 9.66 Å². The van der Waals surface area contributed by atoms with Crippen LogP contribution in [-0.2, 0) is 4.74 Å². The number of hydrogen-bond acceptors (Lipinski definition) is 9. The third-order valence-corrected chi connectivity index (χ3v) is 4.02. The third kappa shape index (κ3) is 1.48.